The van der Waals surface area contributed by atoms with Gasteiger partial charge in [0.1, 0.15) is 0 Å². The van der Waals surface area contributed by atoms with Crippen molar-refractivity contribution < 1.29 is 9.47 Å². The smallest absolute Gasteiger partial charge is 0.161 e. The number of hydrogen-bond acceptors (Lipinski definition) is 4. The molecule has 0 heterocycles. The Bertz CT molecular complexity index is 543. The van der Waals surface area contributed by atoms with Crippen LogP contribution in [0.15, 0.2) is 48.5 Å². The molecule has 0 saturated heterocycles. The molecule has 2 aromatic carbocycles. The molecule has 2 aromatic rings. The molecule has 4 nitrogen and oxygen atoms in total. The molecular weight excluding hydrogens is 252 g/mol. The van der Waals surface area contributed by atoms with Crippen molar-refractivity contribution >= 4 is 5.69 Å². The largest absolute Gasteiger partial charge is 0.493 e. The number of nitrogens with one attached hydrogen (secondary N) is 1. The number of nitrogens with two attached hydrogens (primary N) is 1. The predicted octanol–water partition coefficient (Wildman–Crippen LogP) is 2.82. The van der Waals surface area contributed by atoms with E-state index in [0.29, 0.717) is 18.0 Å². The summed E-state index contributed by atoms with van der Waals surface area (Å²) >= 11 is 0. The molecular formula is C16H20N2O2. The zero-order valence-corrected chi connectivity index (χ0v) is 11.8. The van der Waals surface area contributed by atoms with Crippen molar-refractivity contribution in [2.75, 3.05) is 26.1 Å². The second-order valence-electron chi connectivity index (χ2n) is 4.41. The fraction of sp³-hybridized carbons (Fsp3) is 0.250. The van der Waals surface area contributed by atoms with Gasteiger partial charge in [-0.2, -0.15) is 0 Å². The van der Waals surface area contributed by atoms with Gasteiger partial charge in [0, 0.05) is 12.2 Å². The Balaban J connectivity index is 2.23. The maximum atomic E-state index is 5.88. The molecule has 0 radical (unpaired) electrons. The van der Waals surface area contributed by atoms with Crippen LogP contribution in [0.4, 0.5) is 5.69 Å². The van der Waals surface area contributed by atoms with Gasteiger partial charge in [-0.3, -0.25) is 0 Å². The Morgan fingerprint density at radius 3 is 2.30 bits per heavy atom. The summed E-state index contributed by atoms with van der Waals surface area (Å²) in [6, 6.07) is 15.9. The zero-order chi connectivity index (χ0) is 14.4. The van der Waals surface area contributed by atoms with E-state index in [1.807, 2.05) is 48.5 Å². The fourth-order valence-electron chi connectivity index (χ4n) is 2.08. The standard InChI is InChI=1S/C16H20N2O2/c1-19-15-9-8-12(10-16(15)20-2)14(11-17)18-13-6-4-3-5-7-13/h3-10,14,18H,11,17H2,1-2H3. The van der Waals surface area contributed by atoms with Crippen molar-refractivity contribution in [3.8, 4) is 11.5 Å². The summed E-state index contributed by atoms with van der Waals surface area (Å²) in [6.45, 7) is 0.490. The number of anilines is 1. The first kappa shape index (κ1) is 14.2. The molecule has 0 spiro atoms. The molecule has 1 unspecified atom stereocenters. The van der Waals surface area contributed by atoms with E-state index >= 15 is 0 Å². The highest BCUT2D eigenvalue weighted by molar-refractivity contribution is 5.48. The van der Waals surface area contributed by atoms with Crippen molar-refractivity contribution in [1.82, 2.24) is 0 Å². The lowest BCUT2D eigenvalue weighted by Gasteiger charge is -2.20. The van der Waals surface area contributed by atoms with Crippen molar-refractivity contribution in [1.29, 1.82) is 0 Å². The number of rotatable bonds is 6. The van der Waals surface area contributed by atoms with Crippen LogP contribution in [-0.4, -0.2) is 20.8 Å². The summed E-state index contributed by atoms with van der Waals surface area (Å²) in [6.07, 6.45) is 0. The third kappa shape index (κ3) is 3.22. The molecule has 1 atom stereocenters. The van der Waals surface area contributed by atoms with E-state index in [9.17, 15) is 0 Å². The van der Waals surface area contributed by atoms with Crippen molar-refractivity contribution in [3.05, 3.63) is 54.1 Å². The van der Waals surface area contributed by atoms with E-state index in [-0.39, 0.29) is 6.04 Å². The van der Waals surface area contributed by atoms with Crippen LogP contribution in [0, 0.1) is 0 Å². The summed E-state index contributed by atoms with van der Waals surface area (Å²) in [7, 11) is 3.25. The van der Waals surface area contributed by atoms with Crippen LogP contribution in [-0.2, 0) is 0 Å². The topological polar surface area (TPSA) is 56.5 Å². The highest BCUT2D eigenvalue weighted by Crippen LogP contribution is 2.30. The Hall–Kier alpha value is -2.20. The number of hydrogen-bond donors (Lipinski definition) is 2. The van der Waals surface area contributed by atoms with E-state index in [1.54, 1.807) is 14.2 Å². The van der Waals surface area contributed by atoms with Crippen LogP contribution in [0.1, 0.15) is 11.6 Å². The lowest BCUT2D eigenvalue weighted by Crippen LogP contribution is -2.20. The van der Waals surface area contributed by atoms with Crippen LogP contribution < -0.4 is 20.5 Å². The van der Waals surface area contributed by atoms with Gasteiger partial charge in [-0.1, -0.05) is 24.3 Å². The van der Waals surface area contributed by atoms with E-state index < -0.39 is 0 Å². The van der Waals surface area contributed by atoms with Gasteiger partial charge in [0.05, 0.1) is 20.3 Å². The number of methoxy groups -OCH3 is 2. The molecule has 0 fully saturated rings. The minimum absolute atomic E-state index is 0.0252. The Morgan fingerprint density at radius 1 is 1.00 bits per heavy atom. The van der Waals surface area contributed by atoms with E-state index in [1.165, 1.54) is 0 Å². The number of para-hydroxylation sites is 1. The molecule has 0 aromatic heterocycles. The molecule has 0 aliphatic heterocycles. The normalized spacial score (nSPS) is 11.8. The molecule has 4 heteroatoms. The third-order valence-electron chi connectivity index (χ3n) is 3.16. The average molecular weight is 272 g/mol. The minimum Gasteiger partial charge on any atom is -0.493 e. The summed E-state index contributed by atoms with van der Waals surface area (Å²) in [5.74, 6) is 1.42. The lowest BCUT2D eigenvalue weighted by atomic mass is 10.1. The van der Waals surface area contributed by atoms with E-state index in [2.05, 4.69) is 5.32 Å². The van der Waals surface area contributed by atoms with Gasteiger partial charge in [0.2, 0.25) is 0 Å². The van der Waals surface area contributed by atoms with E-state index in [4.69, 9.17) is 15.2 Å². The molecule has 106 valence electrons. The molecule has 0 aliphatic rings. The van der Waals surface area contributed by atoms with Gasteiger partial charge in [-0.25, -0.2) is 0 Å². The summed E-state index contributed by atoms with van der Waals surface area (Å²) in [4.78, 5) is 0. The molecule has 0 bridgehead atoms. The highest BCUT2D eigenvalue weighted by Gasteiger charge is 2.12. The van der Waals surface area contributed by atoms with Crippen LogP contribution in [0.3, 0.4) is 0 Å². The molecule has 20 heavy (non-hydrogen) atoms. The Kier molecular flexibility index (Phi) is 4.85. The highest BCUT2D eigenvalue weighted by atomic mass is 16.5. The van der Waals surface area contributed by atoms with Gasteiger partial charge in [-0.15, -0.1) is 0 Å². The predicted molar refractivity (Wildman–Crippen MR) is 81.4 cm³/mol. The van der Waals surface area contributed by atoms with E-state index in [0.717, 1.165) is 11.3 Å². The number of benzene rings is 2. The second-order valence-corrected chi connectivity index (χ2v) is 4.41. The monoisotopic (exact) mass is 272 g/mol. The van der Waals surface area contributed by atoms with Crippen LogP contribution in [0.2, 0.25) is 0 Å². The summed E-state index contributed by atoms with van der Waals surface area (Å²) in [5.41, 5.74) is 7.98. The maximum absolute atomic E-state index is 5.88. The Morgan fingerprint density at radius 2 is 1.70 bits per heavy atom. The van der Waals surface area contributed by atoms with Gasteiger partial charge >= 0.3 is 0 Å². The van der Waals surface area contributed by atoms with Crippen molar-refractivity contribution in [2.24, 2.45) is 5.73 Å². The molecule has 2 rings (SSSR count). The van der Waals surface area contributed by atoms with Crippen LogP contribution >= 0.6 is 0 Å². The molecule has 0 aliphatic carbocycles. The second kappa shape index (κ2) is 6.82. The first-order valence-corrected chi connectivity index (χ1v) is 6.52. The third-order valence-corrected chi connectivity index (χ3v) is 3.16. The first-order valence-electron chi connectivity index (χ1n) is 6.52. The number of ether oxygens (including phenoxy) is 2. The quantitative estimate of drug-likeness (QED) is 0.849. The summed E-state index contributed by atoms with van der Waals surface area (Å²) < 4.78 is 10.6. The van der Waals surface area contributed by atoms with Crippen molar-refractivity contribution in [3.63, 3.8) is 0 Å². The Labute approximate surface area is 119 Å². The zero-order valence-electron chi connectivity index (χ0n) is 11.8. The summed E-state index contributed by atoms with van der Waals surface area (Å²) in [5, 5.41) is 3.41. The lowest BCUT2D eigenvalue weighted by molar-refractivity contribution is 0.354. The molecule has 3 N–H and O–H groups in total. The molecule has 0 amide bonds. The van der Waals surface area contributed by atoms with Crippen LogP contribution in [0.5, 0.6) is 11.5 Å². The fourth-order valence-corrected chi connectivity index (χ4v) is 2.08. The SMILES string of the molecule is COc1ccc(C(CN)Nc2ccccc2)cc1OC. The average Bonchev–Trinajstić information content (AvgIpc) is 2.53. The van der Waals surface area contributed by atoms with Gasteiger partial charge < -0.3 is 20.5 Å². The van der Waals surface area contributed by atoms with Crippen LogP contribution in [0.25, 0.3) is 0 Å². The van der Waals surface area contributed by atoms with Gasteiger partial charge in [0.25, 0.3) is 0 Å². The minimum atomic E-state index is 0.0252. The first-order chi connectivity index (χ1) is 9.78. The van der Waals surface area contributed by atoms with Gasteiger partial charge in [-0.05, 0) is 29.8 Å². The maximum Gasteiger partial charge on any atom is 0.161 e. The van der Waals surface area contributed by atoms with Crippen molar-refractivity contribution in [2.45, 2.75) is 6.04 Å². The van der Waals surface area contributed by atoms with Gasteiger partial charge in [0.15, 0.2) is 11.5 Å². The molecule has 0 saturated carbocycles.